The molecule has 1 aromatic heterocycles. The zero-order valence-electron chi connectivity index (χ0n) is 17.9. The Hall–Kier alpha value is -3.38. The van der Waals surface area contributed by atoms with Gasteiger partial charge in [-0.15, -0.1) is 0 Å². The van der Waals surface area contributed by atoms with E-state index in [9.17, 15) is 26.4 Å². The van der Waals surface area contributed by atoms with Crippen LogP contribution in [0.25, 0.3) is 0 Å². The second-order valence-corrected chi connectivity index (χ2v) is 9.35. The predicted octanol–water partition coefficient (Wildman–Crippen LogP) is 4.02. The van der Waals surface area contributed by atoms with Crippen molar-refractivity contribution in [3.63, 3.8) is 0 Å². The average Bonchev–Trinajstić information content (AvgIpc) is 3.22. The van der Waals surface area contributed by atoms with Crippen LogP contribution in [0.15, 0.2) is 64.0 Å². The fraction of sp³-hybridized carbons (Fsp3) is 0.273. The van der Waals surface area contributed by atoms with Crippen LogP contribution in [0.2, 0.25) is 0 Å². The monoisotopic (exact) mass is 495 g/mol. The number of rotatable bonds is 5. The topological polar surface area (TPSA) is 102 Å². The number of halogens is 3. The van der Waals surface area contributed by atoms with Crippen LogP contribution in [0.3, 0.4) is 0 Å². The summed E-state index contributed by atoms with van der Waals surface area (Å²) in [7, 11) is -4.05. The average molecular weight is 495 g/mol. The molecule has 1 unspecified atom stereocenters. The Morgan fingerprint density at radius 3 is 2.53 bits per heavy atom. The van der Waals surface area contributed by atoms with Gasteiger partial charge in [0, 0.05) is 18.2 Å². The summed E-state index contributed by atoms with van der Waals surface area (Å²) in [6.45, 7) is 2.15. The van der Waals surface area contributed by atoms with E-state index in [2.05, 4.69) is 9.88 Å². The van der Waals surface area contributed by atoms with E-state index in [1.807, 2.05) is 0 Å². The number of alkyl halides is 3. The number of carbonyl (C=O) groups excluding carboxylic acids is 1. The molecule has 1 fully saturated rings. The first-order valence-corrected chi connectivity index (χ1v) is 11.6. The van der Waals surface area contributed by atoms with Crippen LogP contribution in [0.1, 0.15) is 33.3 Å². The highest BCUT2D eigenvalue weighted by atomic mass is 32.2. The molecule has 0 spiro atoms. The molecule has 2 aromatic carbocycles. The minimum Gasteiger partial charge on any atom is -0.377 e. The van der Waals surface area contributed by atoms with Crippen LogP contribution >= 0.6 is 0 Å². The number of hydrogen-bond acceptors (Lipinski definition) is 6. The fourth-order valence-electron chi connectivity index (χ4n) is 3.59. The van der Waals surface area contributed by atoms with E-state index in [0.29, 0.717) is 11.3 Å². The quantitative estimate of drug-likeness (QED) is 0.574. The molecule has 4 rings (SSSR count). The van der Waals surface area contributed by atoms with Crippen LogP contribution in [-0.4, -0.2) is 44.1 Å². The first-order valence-electron chi connectivity index (χ1n) is 10.2. The highest BCUT2D eigenvalue weighted by Crippen LogP contribution is 2.32. The van der Waals surface area contributed by atoms with Crippen molar-refractivity contribution in [1.82, 2.24) is 10.1 Å². The standard InChI is InChI=1S/C22H20F3N3O5S/c1-14-11-20(26-33-14)27-34(30,31)18-4-2-3-16(12-18)21(29)28-9-10-32-13-19(28)15-5-7-17(8-6-15)22(23,24)25/h2-8,11-12,19H,9-10,13H2,1H3,(H,26,27). The second-order valence-electron chi connectivity index (χ2n) is 7.67. The van der Waals surface area contributed by atoms with Gasteiger partial charge in [-0.05, 0) is 42.8 Å². The normalized spacial score (nSPS) is 16.9. The van der Waals surface area contributed by atoms with Gasteiger partial charge >= 0.3 is 6.18 Å². The van der Waals surface area contributed by atoms with Gasteiger partial charge in [-0.25, -0.2) is 8.42 Å². The summed E-state index contributed by atoms with van der Waals surface area (Å²) in [5, 5.41) is 3.60. The lowest BCUT2D eigenvalue weighted by atomic mass is 10.0. The molecule has 0 radical (unpaired) electrons. The lowest BCUT2D eigenvalue weighted by Crippen LogP contribution is -2.43. The number of nitrogens with zero attached hydrogens (tertiary/aromatic N) is 2. The van der Waals surface area contributed by atoms with Crippen LogP contribution in [0.4, 0.5) is 19.0 Å². The number of morpholine rings is 1. The summed E-state index contributed by atoms with van der Waals surface area (Å²) in [4.78, 5) is 14.6. The highest BCUT2D eigenvalue weighted by molar-refractivity contribution is 7.92. The molecular weight excluding hydrogens is 475 g/mol. The Kier molecular flexibility index (Phi) is 6.36. The van der Waals surface area contributed by atoms with Gasteiger partial charge in [0.15, 0.2) is 5.82 Å². The summed E-state index contributed by atoms with van der Waals surface area (Å²) in [5.41, 5.74) is -0.204. The molecule has 34 heavy (non-hydrogen) atoms. The van der Waals surface area contributed by atoms with E-state index in [1.54, 1.807) is 6.92 Å². The summed E-state index contributed by atoms with van der Waals surface area (Å²) < 4.78 is 76.8. The number of benzene rings is 2. The SMILES string of the molecule is Cc1cc(NS(=O)(=O)c2cccc(C(=O)N3CCOCC3c3ccc(C(F)(F)F)cc3)c2)no1. The van der Waals surface area contributed by atoms with Gasteiger partial charge in [0.25, 0.3) is 15.9 Å². The van der Waals surface area contributed by atoms with Gasteiger partial charge in [0.2, 0.25) is 0 Å². The molecule has 1 amide bonds. The maximum Gasteiger partial charge on any atom is 0.416 e. The maximum absolute atomic E-state index is 13.3. The number of ether oxygens (including phenoxy) is 1. The summed E-state index contributed by atoms with van der Waals surface area (Å²) in [6.07, 6.45) is -4.47. The van der Waals surface area contributed by atoms with Crippen molar-refractivity contribution >= 4 is 21.7 Å². The molecule has 3 aromatic rings. The molecule has 0 bridgehead atoms. The predicted molar refractivity (Wildman–Crippen MR) is 115 cm³/mol. The van der Waals surface area contributed by atoms with Crippen molar-refractivity contribution < 1.29 is 35.6 Å². The Labute approximate surface area is 193 Å². The second kappa shape index (κ2) is 9.11. The van der Waals surface area contributed by atoms with Crippen molar-refractivity contribution in [2.24, 2.45) is 0 Å². The molecule has 1 N–H and O–H groups in total. The van der Waals surface area contributed by atoms with Gasteiger partial charge < -0.3 is 14.2 Å². The first kappa shape index (κ1) is 23.8. The zero-order valence-corrected chi connectivity index (χ0v) is 18.7. The molecule has 0 aliphatic carbocycles. The lowest BCUT2D eigenvalue weighted by Gasteiger charge is -2.36. The van der Waals surface area contributed by atoms with E-state index in [1.165, 1.54) is 47.4 Å². The largest absolute Gasteiger partial charge is 0.416 e. The minimum atomic E-state index is -4.47. The number of sulfonamides is 1. The number of carbonyl (C=O) groups is 1. The summed E-state index contributed by atoms with van der Waals surface area (Å²) in [6, 6.07) is 10.8. The van der Waals surface area contributed by atoms with Crippen molar-refractivity contribution in [3.05, 3.63) is 77.0 Å². The maximum atomic E-state index is 13.3. The van der Waals surface area contributed by atoms with Gasteiger partial charge in [-0.3, -0.25) is 9.52 Å². The minimum absolute atomic E-state index is 0.00442. The fourth-order valence-corrected chi connectivity index (χ4v) is 4.62. The van der Waals surface area contributed by atoms with E-state index < -0.39 is 33.7 Å². The van der Waals surface area contributed by atoms with E-state index >= 15 is 0 Å². The van der Waals surface area contributed by atoms with Crippen LogP contribution in [0.5, 0.6) is 0 Å². The van der Waals surface area contributed by atoms with Gasteiger partial charge in [0.1, 0.15) is 5.76 Å². The molecule has 1 atom stereocenters. The number of hydrogen-bond donors (Lipinski definition) is 1. The van der Waals surface area contributed by atoms with E-state index in [-0.39, 0.29) is 36.0 Å². The van der Waals surface area contributed by atoms with Crippen molar-refractivity contribution in [3.8, 4) is 0 Å². The number of aromatic nitrogens is 1. The Morgan fingerprint density at radius 1 is 1.15 bits per heavy atom. The Balaban J connectivity index is 1.58. The molecule has 8 nitrogen and oxygen atoms in total. The molecule has 0 saturated carbocycles. The molecule has 1 saturated heterocycles. The first-order chi connectivity index (χ1) is 16.0. The van der Waals surface area contributed by atoms with Crippen molar-refractivity contribution in [2.75, 3.05) is 24.5 Å². The third-order valence-electron chi connectivity index (χ3n) is 5.27. The Bertz CT molecular complexity index is 1290. The molecule has 180 valence electrons. The zero-order chi connectivity index (χ0) is 24.5. The Morgan fingerprint density at radius 2 is 1.88 bits per heavy atom. The van der Waals surface area contributed by atoms with Crippen molar-refractivity contribution in [1.29, 1.82) is 0 Å². The molecule has 12 heteroatoms. The lowest BCUT2D eigenvalue weighted by molar-refractivity contribution is -0.137. The van der Waals surface area contributed by atoms with Crippen LogP contribution < -0.4 is 4.72 Å². The smallest absolute Gasteiger partial charge is 0.377 e. The van der Waals surface area contributed by atoms with Gasteiger partial charge in [-0.1, -0.05) is 23.4 Å². The van der Waals surface area contributed by atoms with Crippen LogP contribution in [0, 0.1) is 6.92 Å². The third kappa shape index (κ3) is 5.07. The van der Waals surface area contributed by atoms with Gasteiger partial charge in [-0.2, -0.15) is 13.2 Å². The summed E-state index contributed by atoms with van der Waals surface area (Å²) in [5.74, 6) is -0.0458. The summed E-state index contributed by atoms with van der Waals surface area (Å²) >= 11 is 0. The number of amides is 1. The number of nitrogens with one attached hydrogen (secondary N) is 1. The molecule has 1 aliphatic rings. The number of anilines is 1. The molecule has 2 heterocycles. The van der Waals surface area contributed by atoms with E-state index in [4.69, 9.17) is 9.26 Å². The van der Waals surface area contributed by atoms with Crippen molar-refractivity contribution in [2.45, 2.75) is 24.0 Å². The van der Waals surface area contributed by atoms with Crippen LogP contribution in [-0.2, 0) is 20.9 Å². The highest BCUT2D eigenvalue weighted by Gasteiger charge is 2.33. The molecule has 1 aliphatic heterocycles. The third-order valence-corrected chi connectivity index (χ3v) is 6.62. The number of aryl methyl sites for hydroxylation is 1. The molecular formula is C22H20F3N3O5S. The van der Waals surface area contributed by atoms with Gasteiger partial charge in [0.05, 0.1) is 29.7 Å². The van der Waals surface area contributed by atoms with E-state index in [0.717, 1.165) is 12.1 Å².